The monoisotopic (exact) mass is 230 g/mol. The maximum Gasteiger partial charge on any atom is 0.122 e. The van der Waals surface area contributed by atoms with Crippen LogP contribution in [-0.2, 0) is 0 Å². The topological polar surface area (TPSA) is 9.23 Å². The molecule has 0 N–H and O–H groups in total. The molecule has 0 amide bonds. The molecule has 1 nitrogen and oxygen atoms in total. The van der Waals surface area contributed by atoms with Gasteiger partial charge in [0, 0.05) is 0 Å². The van der Waals surface area contributed by atoms with E-state index in [4.69, 9.17) is 16.0 Å². The maximum atomic E-state index is 5.64. The van der Waals surface area contributed by atoms with E-state index in [1.165, 1.54) is 5.56 Å². The molecule has 1 atom stereocenters. The molecule has 0 fully saturated rings. The third kappa shape index (κ3) is 4.30. The molecule has 0 saturated heterocycles. The first-order valence-electron chi connectivity index (χ1n) is 4.86. The smallest absolute Gasteiger partial charge is 0.122 e. The fourth-order valence-corrected chi connectivity index (χ4v) is 1.98. The number of para-hydroxylation sites is 1. The first-order chi connectivity index (χ1) is 6.84. The summed E-state index contributed by atoms with van der Waals surface area (Å²) in [6, 6.07) is 8.10. The quantitative estimate of drug-likeness (QED) is 0.531. The van der Waals surface area contributed by atoms with Gasteiger partial charge in [-0.3, -0.25) is 0 Å². The van der Waals surface area contributed by atoms with Crippen molar-refractivity contribution in [1.82, 2.24) is 0 Å². The zero-order chi connectivity index (χ0) is 10.2. The molecule has 0 aliphatic rings. The van der Waals surface area contributed by atoms with Gasteiger partial charge in [0.05, 0.1) is 6.61 Å². The Balaban J connectivity index is 2.21. The molecule has 14 heavy (non-hydrogen) atoms. The number of halogens is 1. The van der Waals surface area contributed by atoms with Crippen LogP contribution in [0.15, 0.2) is 24.3 Å². The third-order valence-electron chi connectivity index (χ3n) is 2.02. The minimum Gasteiger partial charge on any atom is -0.493 e. The number of hydrogen-bond donors (Lipinski definition) is 0. The summed E-state index contributed by atoms with van der Waals surface area (Å²) < 4.78 is 5.64. The van der Waals surface area contributed by atoms with Crippen LogP contribution < -0.4 is 4.74 Å². The van der Waals surface area contributed by atoms with E-state index in [0.717, 1.165) is 31.4 Å². The van der Waals surface area contributed by atoms with E-state index in [-0.39, 0.29) is 0 Å². The summed E-state index contributed by atoms with van der Waals surface area (Å²) >= 11 is 5.61. The molecule has 78 valence electrons. The Kier molecular flexibility index (Phi) is 5.98. The molecule has 0 aliphatic heterocycles. The lowest BCUT2D eigenvalue weighted by Gasteiger charge is -2.07. The second-order valence-corrected chi connectivity index (χ2v) is 4.77. The van der Waals surface area contributed by atoms with Crippen LogP contribution in [-0.4, -0.2) is 12.8 Å². The Hall–Kier alpha value is -0.260. The number of unbranched alkanes of at least 4 members (excludes halogenated alkanes) is 1. The predicted octanol–water partition coefficient (Wildman–Crippen LogP) is 3.99. The second-order valence-electron chi connectivity index (χ2n) is 3.20. The number of rotatable bonds is 6. The van der Waals surface area contributed by atoms with Crippen molar-refractivity contribution in [1.29, 1.82) is 0 Å². The molecule has 0 aliphatic carbocycles. The first-order valence-corrected chi connectivity index (χ1v) is 7.08. The molecule has 1 rings (SSSR count). The van der Waals surface area contributed by atoms with Crippen molar-refractivity contribution >= 4 is 19.2 Å². The lowest BCUT2D eigenvalue weighted by molar-refractivity contribution is 0.308. The van der Waals surface area contributed by atoms with Crippen molar-refractivity contribution in [3.05, 3.63) is 29.8 Å². The van der Waals surface area contributed by atoms with Crippen molar-refractivity contribution in [2.75, 3.05) is 12.8 Å². The predicted molar refractivity (Wildman–Crippen MR) is 64.9 cm³/mol. The Morgan fingerprint density at radius 2 is 2.07 bits per heavy atom. The van der Waals surface area contributed by atoms with E-state index in [1.807, 2.05) is 18.2 Å². The van der Waals surface area contributed by atoms with Crippen molar-refractivity contribution in [2.45, 2.75) is 19.8 Å². The van der Waals surface area contributed by atoms with E-state index in [0.29, 0.717) is 7.93 Å². The Morgan fingerprint density at radius 3 is 2.79 bits per heavy atom. The molecule has 0 heterocycles. The second kappa shape index (κ2) is 7.09. The highest BCUT2D eigenvalue weighted by Gasteiger charge is 1.96. The summed E-state index contributed by atoms with van der Waals surface area (Å²) in [5.41, 5.74) is 1.20. The molecule has 1 unspecified atom stereocenters. The van der Waals surface area contributed by atoms with E-state index in [1.54, 1.807) is 0 Å². The maximum absolute atomic E-state index is 5.64. The van der Waals surface area contributed by atoms with Crippen molar-refractivity contribution in [2.24, 2.45) is 0 Å². The van der Waals surface area contributed by atoms with Gasteiger partial charge in [-0.25, -0.2) is 0 Å². The molecular weight excluding hydrogens is 215 g/mol. The minimum absolute atomic E-state index is 0.550. The van der Waals surface area contributed by atoms with E-state index >= 15 is 0 Å². The largest absolute Gasteiger partial charge is 0.493 e. The Bertz CT molecular complexity index is 265. The summed E-state index contributed by atoms with van der Waals surface area (Å²) in [5, 5.41) is 0. The lowest BCUT2D eigenvalue weighted by Crippen LogP contribution is -1.98. The Morgan fingerprint density at radius 1 is 1.29 bits per heavy atom. The Labute approximate surface area is 92.4 Å². The molecular formula is C11H16ClOP. The lowest BCUT2D eigenvalue weighted by atomic mass is 10.2. The summed E-state index contributed by atoms with van der Waals surface area (Å²) in [4.78, 5) is 0. The van der Waals surface area contributed by atoms with Crippen LogP contribution in [0.1, 0.15) is 18.4 Å². The van der Waals surface area contributed by atoms with Crippen molar-refractivity contribution in [3.8, 4) is 5.75 Å². The van der Waals surface area contributed by atoms with Gasteiger partial charge in [-0.15, -0.1) is 11.2 Å². The molecule has 0 aromatic heterocycles. The van der Waals surface area contributed by atoms with Crippen LogP contribution in [0.3, 0.4) is 0 Å². The molecule has 0 saturated carbocycles. The summed E-state index contributed by atoms with van der Waals surface area (Å²) in [5.74, 6) is 1.00. The van der Waals surface area contributed by atoms with Crippen LogP contribution in [0.4, 0.5) is 0 Å². The molecule has 1 aromatic carbocycles. The fraction of sp³-hybridized carbons (Fsp3) is 0.455. The van der Waals surface area contributed by atoms with E-state index in [2.05, 4.69) is 13.0 Å². The van der Waals surface area contributed by atoms with E-state index < -0.39 is 0 Å². The number of ether oxygens (including phenoxy) is 1. The molecule has 3 heteroatoms. The normalized spacial score (nSPS) is 11.0. The van der Waals surface area contributed by atoms with Gasteiger partial charge in [0.2, 0.25) is 0 Å². The zero-order valence-corrected chi connectivity index (χ0v) is 10.2. The summed E-state index contributed by atoms with van der Waals surface area (Å²) in [7, 11) is 0.550. The van der Waals surface area contributed by atoms with Gasteiger partial charge in [0.25, 0.3) is 0 Å². The first kappa shape index (κ1) is 11.8. The van der Waals surface area contributed by atoms with Gasteiger partial charge in [0.1, 0.15) is 5.75 Å². The third-order valence-corrected chi connectivity index (χ3v) is 3.13. The van der Waals surface area contributed by atoms with Crippen molar-refractivity contribution < 1.29 is 4.74 Å². The van der Waals surface area contributed by atoms with Gasteiger partial charge < -0.3 is 4.74 Å². The average Bonchev–Trinajstić information content (AvgIpc) is 2.20. The van der Waals surface area contributed by atoms with Gasteiger partial charge in [-0.05, 0) is 45.5 Å². The van der Waals surface area contributed by atoms with Crippen LogP contribution in [0.25, 0.3) is 0 Å². The van der Waals surface area contributed by atoms with Crippen LogP contribution in [0.5, 0.6) is 5.75 Å². The van der Waals surface area contributed by atoms with Crippen LogP contribution >= 0.6 is 19.2 Å². The number of hydrogen-bond acceptors (Lipinski definition) is 1. The van der Waals surface area contributed by atoms with Crippen LogP contribution in [0, 0.1) is 6.92 Å². The fourth-order valence-electron chi connectivity index (χ4n) is 1.19. The summed E-state index contributed by atoms with van der Waals surface area (Å²) in [6.07, 6.45) is 3.36. The molecule has 0 bridgehead atoms. The number of aryl methyl sites for hydroxylation is 1. The average molecular weight is 231 g/mol. The zero-order valence-electron chi connectivity index (χ0n) is 8.42. The highest BCUT2D eigenvalue weighted by atomic mass is 35.7. The highest BCUT2D eigenvalue weighted by Crippen LogP contribution is 2.19. The summed E-state index contributed by atoms with van der Waals surface area (Å²) in [6.45, 7) is 2.86. The van der Waals surface area contributed by atoms with Gasteiger partial charge in [-0.2, -0.15) is 0 Å². The SMILES string of the molecule is Cc1ccccc1OCCCCPCl. The van der Waals surface area contributed by atoms with Crippen molar-refractivity contribution in [3.63, 3.8) is 0 Å². The van der Waals surface area contributed by atoms with Gasteiger partial charge >= 0.3 is 0 Å². The minimum atomic E-state index is 0.550. The van der Waals surface area contributed by atoms with Gasteiger partial charge in [-0.1, -0.05) is 18.2 Å². The van der Waals surface area contributed by atoms with Crippen LogP contribution in [0.2, 0.25) is 0 Å². The van der Waals surface area contributed by atoms with E-state index in [9.17, 15) is 0 Å². The van der Waals surface area contributed by atoms with Gasteiger partial charge in [0.15, 0.2) is 0 Å². The standard InChI is InChI=1S/C11H16ClOP/c1-10-6-2-3-7-11(10)13-8-4-5-9-14-12/h2-3,6-7,14H,4-5,8-9H2,1H3. The number of benzene rings is 1. The molecule has 1 aromatic rings. The molecule has 0 radical (unpaired) electrons. The molecule has 0 spiro atoms. The highest BCUT2D eigenvalue weighted by molar-refractivity contribution is 7.68.